The van der Waals surface area contributed by atoms with Crippen molar-refractivity contribution in [2.75, 3.05) is 13.7 Å². The number of rotatable bonds is 12. The molecule has 1 aromatic carbocycles. The van der Waals surface area contributed by atoms with Gasteiger partial charge in [-0.15, -0.1) is 11.8 Å². The highest BCUT2D eigenvalue weighted by Crippen LogP contribution is 2.45. The average Bonchev–Trinajstić information content (AvgIpc) is 2.87. The smallest absolute Gasteiger partial charge is 0.464 e. The minimum Gasteiger partial charge on any atom is -0.464 e. The summed E-state index contributed by atoms with van der Waals surface area (Å²) in [4.78, 5) is 50.8. The third kappa shape index (κ3) is 8.43. The molecule has 11 nitrogen and oxygen atoms in total. The number of nitro benzene ring substituents is 1. The van der Waals surface area contributed by atoms with E-state index in [2.05, 4.69) is 40.4 Å². The Morgan fingerprint density at radius 3 is 2.27 bits per heavy atom. The van der Waals surface area contributed by atoms with Crippen LogP contribution >= 0.6 is 11.8 Å². The van der Waals surface area contributed by atoms with Crippen molar-refractivity contribution in [1.29, 1.82) is 0 Å². The Balaban J connectivity index is 2.17. The van der Waals surface area contributed by atoms with Gasteiger partial charge in [0.1, 0.15) is 29.7 Å². The van der Waals surface area contributed by atoms with E-state index in [1.54, 1.807) is 20.8 Å². The SMILES string of the molecule is C=C(CO[Si](C)(C)C(C)(C)C)SC1C([C@@H](C)OC(=O)OCc2ccc([N+](=O)[O-])cc2)C(=O)N1C(C(=O)OC)=C(C)C. The Kier molecular flexibility index (Phi) is 11.3. The summed E-state index contributed by atoms with van der Waals surface area (Å²) >= 11 is 1.28. The number of non-ortho nitro benzene ring substituents is 1. The zero-order valence-corrected chi connectivity index (χ0v) is 27.0. The molecular weight excluding hydrogens is 568 g/mol. The summed E-state index contributed by atoms with van der Waals surface area (Å²) in [5, 5.41) is 10.2. The number of nitrogens with zero attached hydrogens (tertiary/aromatic N) is 2. The molecular formula is C28H40N2O9SSi. The van der Waals surface area contributed by atoms with E-state index in [1.807, 2.05) is 0 Å². The fourth-order valence-corrected chi connectivity index (χ4v) is 6.06. The molecule has 2 rings (SSSR count). The lowest BCUT2D eigenvalue weighted by Crippen LogP contribution is -2.63. The number of ether oxygens (including phenoxy) is 3. The molecule has 3 atom stereocenters. The number of carbonyl (C=O) groups excluding carboxylic acids is 3. The molecule has 1 heterocycles. The summed E-state index contributed by atoms with van der Waals surface area (Å²) in [6.45, 7) is 19.9. The summed E-state index contributed by atoms with van der Waals surface area (Å²) in [6.07, 6.45) is -1.90. The summed E-state index contributed by atoms with van der Waals surface area (Å²) < 4.78 is 21.8. The van der Waals surface area contributed by atoms with E-state index in [4.69, 9.17) is 18.6 Å². The number of methoxy groups -OCH3 is 1. The van der Waals surface area contributed by atoms with E-state index in [0.29, 0.717) is 16.0 Å². The third-order valence-electron chi connectivity index (χ3n) is 7.16. The molecule has 1 aliphatic rings. The highest BCUT2D eigenvalue weighted by Gasteiger charge is 2.55. The van der Waals surface area contributed by atoms with Crippen LogP contribution in [0.2, 0.25) is 18.1 Å². The molecule has 13 heteroatoms. The Bertz CT molecular complexity index is 1200. The molecule has 1 amide bonds. The van der Waals surface area contributed by atoms with Gasteiger partial charge in [-0.2, -0.15) is 0 Å². The first-order chi connectivity index (χ1) is 18.9. The Morgan fingerprint density at radius 2 is 1.78 bits per heavy atom. The first-order valence-corrected chi connectivity index (χ1v) is 16.8. The van der Waals surface area contributed by atoms with E-state index in [9.17, 15) is 24.5 Å². The number of amides is 1. The van der Waals surface area contributed by atoms with Gasteiger partial charge in [0.2, 0.25) is 5.91 Å². The second-order valence-corrected chi connectivity index (χ2v) is 17.6. The fraction of sp³-hybridized carbons (Fsp3) is 0.536. The van der Waals surface area contributed by atoms with E-state index < -0.39 is 48.7 Å². The topological polar surface area (TPSA) is 135 Å². The number of thioether (sulfide) groups is 1. The highest BCUT2D eigenvalue weighted by molar-refractivity contribution is 8.03. The van der Waals surface area contributed by atoms with Gasteiger partial charge in [0.15, 0.2) is 8.32 Å². The van der Waals surface area contributed by atoms with E-state index >= 15 is 0 Å². The minimum absolute atomic E-state index is 0.00372. The lowest BCUT2D eigenvalue weighted by Gasteiger charge is -2.49. The van der Waals surface area contributed by atoms with Gasteiger partial charge in [0.05, 0.1) is 18.6 Å². The number of esters is 1. The Hall–Kier alpha value is -3.16. The first kappa shape index (κ1) is 34.0. The molecule has 0 spiro atoms. The van der Waals surface area contributed by atoms with Crippen molar-refractivity contribution in [3.8, 4) is 0 Å². The van der Waals surface area contributed by atoms with Crippen LogP contribution in [0.15, 0.2) is 47.0 Å². The van der Waals surface area contributed by atoms with Crippen molar-refractivity contribution in [3.63, 3.8) is 0 Å². The third-order valence-corrected chi connectivity index (χ3v) is 12.8. The molecule has 0 radical (unpaired) electrons. The fourth-order valence-electron chi connectivity index (χ4n) is 3.72. The summed E-state index contributed by atoms with van der Waals surface area (Å²) in [5.74, 6) is -1.85. The lowest BCUT2D eigenvalue weighted by atomic mass is 9.91. The number of β-lactam (4-membered cyclic amide) rings is 1. The van der Waals surface area contributed by atoms with Crippen LogP contribution in [0.3, 0.4) is 0 Å². The van der Waals surface area contributed by atoms with E-state index in [1.165, 1.54) is 48.0 Å². The molecule has 0 aromatic heterocycles. The predicted octanol–water partition coefficient (Wildman–Crippen LogP) is 6.16. The summed E-state index contributed by atoms with van der Waals surface area (Å²) in [6, 6.07) is 5.56. The van der Waals surface area contributed by atoms with Crippen LogP contribution in [-0.2, 0) is 34.8 Å². The van der Waals surface area contributed by atoms with Gasteiger partial charge in [-0.1, -0.05) is 27.4 Å². The largest absolute Gasteiger partial charge is 0.508 e. The monoisotopic (exact) mass is 608 g/mol. The lowest BCUT2D eigenvalue weighted by molar-refractivity contribution is -0.384. The van der Waals surface area contributed by atoms with E-state index in [-0.39, 0.29) is 29.6 Å². The molecule has 0 N–H and O–H groups in total. The molecule has 1 fully saturated rings. The average molecular weight is 609 g/mol. The zero-order chi connectivity index (χ0) is 31.3. The maximum Gasteiger partial charge on any atom is 0.508 e. The zero-order valence-electron chi connectivity index (χ0n) is 25.1. The number of benzene rings is 1. The quantitative estimate of drug-likeness (QED) is 0.0678. The molecule has 1 aliphatic heterocycles. The van der Waals surface area contributed by atoms with Gasteiger partial charge >= 0.3 is 12.1 Å². The molecule has 2 unspecified atom stereocenters. The predicted molar refractivity (Wildman–Crippen MR) is 158 cm³/mol. The Morgan fingerprint density at radius 1 is 1.20 bits per heavy atom. The Labute approximate surface area is 246 Å². The molecule has 1 saturated heterocycles. The molecule has 0 aliphatic carbocycles. The number of allylic oxidation sites excluding steroid dienone is 1. The number of nitro groups is 1. The van der Waals surface area contributed by atoms with Gasteiger partial charge in [0.25, 0.3) is 5.69 Å². The van der Waals surface area contributed by atoms with Gasteiger partial charge in [-0.25, -0.2) is 9.59 Å². The second kappa shape index (κ2) is 13.7. The van der Waals surface area contributed by atoms with Crippen LogP contribution in [-0.4, -0.2) is 61.4 Å². The van der Waals surface area contributed by atoms with Crippen LogP contribution in [0.4, 0.5) is 10.5 Å². The minimum atomic E-state index is -2.07. The molecule has 41 heavy (non-hydrogen) atoms. The number of hydrogen-bond donors (Lipinski definition) is 0. The van der Waals surface area contributed by atoms with Crippen LogP contribution in [0.5, 0.6) is 0 Å². The van der Waals surface area contributed by atoms with Gasteiger partial charge in [0, 0.05) is 17.0 Å². The van der Waals surface area contributed by atoms with Crippen LogP contribution in [0.1, 0.15) is 47.1 Å². The summed E-state index contributed by atoms with van der Waals surface area (Å²) in [5.41, 5.74) is 1.16. The number of likely N-dealkylation sites (tertiary alicyclic amines) is 1. The first-order valence-electron chi connectivity index (χ1n) is 13.0. The standard InChI is InChI=1S/C28H40N2O9SSi/c1-17(2)23(26(32)36-8)29-24(31)22(25(29)40-18(3)15-38-41(9,10)28(5,6)7)19(4)39-27(33)37-16-20-11-13-21(14-12-20)30(34)35/h11-14,19,22,25H,3,15-16H2,1-2,4-10H3/t19-,22?,25?/m1/s1. The van der Waals surface area contributed by atoms with Crippen molar-refractivity contribution in [2.24, 2.45) is 5.92 Å². The molecule has 0 saturated carbocycles. The van der Waals surface area contributed by atoms with Gasteiger partial charge < -0.3 is 18.6 Å². The maximum atomic E-state index is 13.4. The van der Waals surface area contributed by atoms with Crippen molar-refractivity contribution < 1.29 is 37.9 Å². The van der Waals surface area contributed by atoms with Crippen molar-refractivity contribution >= 4 is 43.8 Å². The van der Waals surface area contributed by atoms with Crippen LogP contribution in [0, 0.1) is 16.0 Å². The number of carbonyl (C=O) groups is 3. The highest BCUT2D eigenvalue weighted by atomic mass is 32.2. The van der Waals surface area contributed by atoms with Crippen molar-refractivity contribution in [3.05, 3.63) is 62.7 Å². The van der Waals surface area contributed by atoms with Gasteiger partial charge in [-0.3, -0.25) is 19.8 Å². The van der Waals surface area contributed by atoms with Gasteiger partial charge in [-0.05, 0) is 62.2 Å². The van der Waals surface area contributed by atoms with Crippen molar-refractivity contribution in [1.82, 2.24) is 4.90 Å². The molecule has 1 aromatic rings. The molecule has 226 valence electrons. The van der Waals surface area contributed by atoms with Crippen molar-refractivity contribution in [2.45, 2.75) is 77.8 Å². The second-order valence-electron chi connectivity index (χ2n) is 11.5. The molecule has 0 bridgehead atoms. The maximum absolute atomic E-state index is 13.4. The number of hydrogen-bond acceptors (Lipinski definition) is 10. The summed E-state index contributed by atoms with van der Waals surface area (Å²) in [7, 11) is -0.825. The van der Waals surface area contributed by atoms with E-state index in [0.717, 1.165) is 0 Å². The van der Waals surface area contributed by atoms with Crippen LogP contribution in [0.25, 0.3) is 0 Å². The van der Waals surface area contributed by atoms with Crippen LogP contribution < -0.4 is 0 Å². The normalized spacial score (nSPS) is 17.7.